The van der Waals surface area contributed by atoms with Crippen LogP contribution < -0.4 is 10.1 Å². The second-order valence-corrected chi connectivity index (χ2v) is 6.12. The second-order valence-electron chi connectivity index (χ2n) is 5.74. The molecule has 128 valence electrons. The van der Waals surface area contributed by atoms with E-state index in [1.54, 1.807) is 0 Å². The first kappa shape index (κ1) is 18.3. The van der Waals surface area contributed by atoms with Gasteiger partial charge in [0.25, 0.3) is 0 Å². The lowest BCUT2D eigenvalue weighted by Crippen LogP contribution is -2.15. The van der Waals surface area contributed by atoms with E-state index in [2.05, 4.69) is 10.3 Å². The Labute approximate surface area is 148 Å². The number of alkyl halides is 1. The summed E-state index contributed by atoms with van der Waals surface area (Å²) in [7, 11) is 0. The fourth-order valence-corrected chi connectivity index (χ4v) is 2.54. The first-order valence-corrected chi connectivity index (χ1v) is 8.56. The zero-order chi connectivity index (χ0) is 17.5. The third-order valence-corrected chi connectivity index (χ3v) is 4.15. The van der Waals surface area contributed by atoms with E-state index in [0.717, 1.165) is 28.1 Å². The SMILES string of the molecule is Cc1nc(NC(=O)CCCCl)c(C)c(C)c1OCc1ccccc1. The smallest absolute Gasteiger partial charge is 0.225 e. The predicted octanol–water partition coefficient (Wildman–Crippen LogP) is 4.54. The minimum atomic E-state index is -0.0667. The monoisotopic (exact) mass is 346 g/mol. The molecule has 0 saturated heterocycles. The van der Waals surface area contributed by atoms with Crippen molar-refractivity contribution in [3.05, 3.63) is 52.7 Å². The van der Waals surface area contributed by atoms with Crippen molar-refractivity contribution in [2.45, 2.75) is 40.2 Å². The van der Waals surface area contributed by atoms with Crippen LogP contribution in [0.25, 0.3) is 0 Å². The van der Waals surface area contributed by atoms with Gasteiger partial charge in [-0.1, -0.05) is 30.3 Å². The number of nitrogens with zero attached hydrogens (tertiary/aromatic N) is 1. The molecule has 4 nitrogen and oxygen atoms in total. The Morgan fingerprint density at radius 2 is 1.88 bits per heavy atom. The summed E-state index contributed by atoms with van der Waals surface area (Å²) in [5, 5.41) is 2.86. The molecule has 0 bridgehead atoms. The molecule has 0 aliphatic carbocycles. The van der Waals surface area contributed by atoms with Crippen LogP contribution in [-0.4, -0.2) is 16.8 Å². The van der Waals surface area contributed by atoms with Crippen molar-refractivity contribution < 1.29 is 9.53 Å². The van der Waals surface area contributed by atoms with E-state index in [-0.39, 0.29) is 5.91 Å². The van der Waals surface area contributed by atoms with Crippen molar-refractivity contribution in [1.82, 2.24) is 4.98 Å². The minimum Gasteiger partial charge on any atom is -0.487 e. The second kappa shape index (κ2) is 8.69. The Balaban J connectivity index is 2.14. The van der Waals surface area contributed by atoms with Gasteiger partial charge >= 0.3 is 0 Å². The molecule has 1 aromatic carbocycles. The first-order chi connectivity index (χ1) is 11.5. The molecule has 0 fully saturated rings. The van der Waals surface area contributed by atoms with Gasteiger partial charge in [-0.25, -0.2) is 4.98 Å². The largest absolute Gasteiger partial charge is 0.487 e. The molecule has 0 saturated carbocycles. The van der Waals surface area contributed by atoms with E-state index in [1.807, 2.05) is 51.1 Å². The molecule has 1 N–H and O–H groups in total. The standard InChI is InChI=1S/C19H23ClN2O2/c1-13-14(2)19(22-17(23)10-7-11-20)21-15(3)18(13)24-12-16-8-5-4-6-9-16/h4-6,8-9H,7,10-12H2,1-3H3,(H,21,22,23). The van der Waals surface area contributed by atoms with Crippen LogP contribution >= 0.6 is 11.6 Å². The lowest BCUT2D eigenvalue weighted by atomic mass is 10.1. The number of halogens is 1. The Bertz CT molecular complexity index is 702. The number of ether oxygens (including phenoxy) is 1. The van der Waals surface area contributed by atoms with E-state index in [9.17, 15) is 4.79 Å². The highest BCUT2D eigenvalue weighted by atomic mass is 35.5. The van der Waals surface area contributed by atoms with Gasteiger partial charge in [-0.3, -0.25) is 4.79 Å². The van der Waals surface area contributed by atoms with Crippen molar-refractivity contribution in [2.24, 2.45) is 0 Å². The number of aryl methyl sites for hydroxylation is 1. The van der Waals surface area contributed by atoms with Crippen LogP contribution in [0.3, 0.4) is 0 Å². The highest BCUT2D eigenvalue weighted by Gasteiger charge is 2.15. The van der Waals surface area contributed by atoms with E-state index in [0.29, 0.717) is 31.1 Å². The number of carbonyl (C=O) groups excluding carboxylic acids is 1. The highest BCUT2D eigenvalue weighted by Crippen LogP contribution is 2.29. The summed E-state index contributed by atoms with van der Waals surface area (Å²) in [5.41, 5.74) is 3.78. The van der Waals surface area contributed by atoms with Crippen molar-refractivity contribution in [1.29, 1.82) is 0 Å². The third-order valence-electron chi connectivity index (χ3n) is 3.89. The van der Waals surface area contributed by atoms with Crippen LogP contribution in [0.4, 0.5) is 5.82 Å². The average Bonchev–Trinajstić information content (AvgIpc) is 2.58. The van der Waals surface area contributed by atoms with Crippen LogP contribution in [0.2, 0.25) is 0 Å². The Morgan fingerprint density at radius 1 is 1.17 bits per heavy atom. The summed E-state index contributed by atoms with van der Waals surface area (Å²) in [6.07, 6.45) is 1.05. The maximum Gasteiger partial charge on any atom is 0.225 e. The fourth-order valence-electron chi connectivity index (χ4n) is 2.41. The summed E-state index contributed by atoms with van der Waals surface area (Å²) >= 11 is 5.62. The quantitative estimate of drug-likeness (QED) is 0.748. The Morgan fingerprint density at radius 3 is 2.54 bits per heavy atom. The molecule has 0 spiro atoms. The van der Waals surface area contributed by atoms with Crippen molar-refractivity contribution in [3.8, 4) is 5.75 Å². The molecule has 24 heavy (non-hydrogen) atoms. The number of hydrogen-bond donors (Lipinski definition) is 1. The van der Waals surface area contributed by atoms with E-state index >= 15 is 0 Å². The number of rotatable bonds is 7. The first-order valence-electron chi connectivity index (χ1n) is 8.03. The zero-order valence-corrected chi connectivity index (χ0v) is 15.1. The average molecular weight is 347 g/mol. The normalized spacial score (nSPS) is 10.5. The molecule has 0 aliphatic heterocycles. The van der Waals surface area contributed by atoms with Gasteiger partial charge in [0.05, 0.1) is 5.69 Å². The van der Waals surface area contributed by atoms with Crippen molar-refractivity contribution in [2.75, 3.05) is 11.2 Å². The lowest BCUT2D eigenvalue weighted by Gasteiger charge is -2.17. The summed E-state index contributed by atoms with van der Waals surface area (Å²) in [6.45, 7) is 6.30. The van der Waals surface area contributed by atoms with Gasteiger partial charge in [-0.15, -0.1) is 11.6 Å². The fraction of sp³-hybridized carbons (Fsp3) is 0.368. The highest BCUT2D eigenvalue weighted by molar-refractivity contribution is 6.18. The lowest BCUT2D eigenvalue weighted by molar-refractivity contribution is -0.116. The molecule has 1 amide bonds. The summed E-state index contributed by atoms with van der Waals surface area (Å²) < 4.78 is 5.97. The molecule has 1 aromatic heterocycles. The van der Waals surface area contributed by atoms with Gasteiger partial charge in [0.1, 0.15) is 18.2 Å². The third kappa shape index (κ3) is 4.71. The predicted molar refractivity (Wildman–Crippen MR) is 97.8 cm³/mol. The number of amides is 1. The topological polar surface area (TPSA) is 51.2 Å². The molecule has 0 atom stereocenters. The van der Waals surface area contributed by atoms with Gasteiger partial charge < -0.3 is 10.1 Å². The van der Waals surface area contributed by atoms with Gasteiger partial charge in [-0.2, -0.15) is 0 Å². The molecule has 0 radical (unpaired) electrons. The molecular weight excluding hydrogens is 324 g/mol. The van der Waals surface area contributed by atoms with E-state index < -0.39 is 0 Å². The maximum absolute atomic E-state index is 11.9. The molecule has 2 aromatic rings. The summed E-state index contributed by atoms with van der Waals surface area (Å²) in [5.74, 6) is 1.78. The molecule has 5 heteroatoms. The Hall–Kier alpha value is -2.07. The van der Waals surface area contributed by atoms with Crippen LogP contribution in [0.1, 0.15) is 35.2 Å². The molecule has 0 aliphatic rings. The zero-order valence-electron chi connectivity index (χ0n) is 14.4. The molecule has 2 rings (SSSR count). The number of pyridine rings is 1. The number of aromatic nitrogens is 1. The van der Waals surface area contributed by atoms with Crippen LogP contribution in [-0.2, 0) is 11.4 Å². The number of anilines is 1. The number of hydrogen-bond acceptors (Lipinski definition) is 3. The van der Waals surface area contributed by atoms with Gasteiger partial charge in [0, 0.05) is 12.3 Å². The Kier molecular flexibility index (Phi) is 6.62. The van der Waals surface area contributed by atoms with E-state index in [4.69, 9.17) is 16.3 Å². The summed E-state index contributed by atoms with van der Waals surface area (Å²) in [4.78, 5) is 16.4. The van der Waals surface area contributed by atoms with E-state index in [1.165, 1.54) is 0 Å². The molecule has 1 heterocycles. The van der Waals surface area contributed by atoms with Crippen molar-refractivity contribution in [3.63, 3.8) is 0 Å². The maximum atomic E-state index is 11.9. The summed E-state index contributed by atoms with van der Waals surface area (Å²) in [6, 6.07) is 10.0. The molecule has 0 unspecified atom stereocenters. The van der Waals surface area contributed by atoms with Gasteiger partial charge in [0.2, 0.25) is 5.91 Å². The number of nitrogens with one attached hydrogen (secondary N) is 1. The minimum absolute atomic E-state index is 0.0667. The number of benzene rings is 1. The molecular formula is C19H23ClN2O2. The van der Waals surface area contributed by atoms with Gasteiger partial charge in [-0.05, 0) is 43.9 Å². The van der Waals surface area contributed by atoms with Crippen LogP contribution in [0, 0.1) is 20.8 Å². The van der Waals surface area contributed by atoms with Crippen LogP contribution in [0.15, 0.2) is 30.3 Å². The van der Waals surface area contributed by atoms with Crippen molar-refractivity contribution >= 4 is 23.3 Å². The number of carbonyl (C=O) groups is 1. The van der Waals surface area contributed by atoms with Gasteiger partial charge in [0.15, 0.2) is 0 Å². The van der Waals surface area contributed by atoms with Crippen LogP contribution in [0.5, 0.6) is 5.75 Å².